The predicted molar refractivity (Wildman–Crippen MR) is 92.2 cm³/mol. The molecule has 4 nitrogen and oxygen atoms in total. The third kappa shape index (κ3) is 3.03. The zero-order valence-corrected chi connectivity index (χ0v) is 13.7. The smallest absolute Gasteiger partial charge is 0.141 e. The van der Waals surface area contributed by atoms with Gasteiger partial charge >= 0.3 is 0 Å². The number of nitrogens with one attached hydrogen (secondary N) is 1. The van der Waals surface area contributed by atoms with Crippen molar-refractivity contribution in [2.24, 2.45) is 0 Å². The maximum atomic E-state index is 6.21. The highest BCUT2D eigenvalue weighted by Gasteiger charge is 2.11. The summed E-state index contributed by atoms with van der Waals surface area (Å²) in [5.74, 6) is 0.704. The zero-order chi connectivity index (χ0) is 15.5. The van der Waals surface area contributed by atoms with Gasteiger partial charge in [0.25, 0.3) is 0 Å². The number of para-hydroxylation sites is 1. The van der Waals surface area contributed by atoms with Gasteiger partial charge in [-0.1, -0.05) is 42.6 Å². The van der Waals surface area contributed by atoms with Crippen molar-refractivity contribution in [3.8, 4) is 0 Å². The molecule has 3 aromatic rings. The molecule has 0 saturated heterocycles. The lowest BCUT2D eigenvalue weighted by molar-refractivity contribution is 0.576. The average Bonchev–Trinajstić information content (AvgIpc) is 2.93. The van der Waals surface area contributed by atoms with E-state index in [0.29, 0.717) is 21.6 Å². The van der Waals surface area contributed by atoms with Gasteiger partial charge in [0.1, 0.15) is 5.82 Å². The number of hydrogen-bond donors (Lipinski definition) is 1. The largest absolute Gasteiger partial charge is 0.337 e. The van der Waals surface area contributed by atoms with Gasteiger partial charge in [0, 0.05) is 18.9 Å². The fraction of sp³-hybridized carbons (Fsp3) is 0.250. The number of aryl methyl sites for hydroxylation is 1. The number of unbranched alkanes of at least 4 members (excludes halogenated alkanes) is 1. The number of benzene rings is 1. The van der Waals surface area contributed by atoms with Gasteiger partial charge in [0.05, 0.1) is 26.6 Å². The summed E-state index contributed by atoms with van der Waals surface area (Å²) >= 11 is 12.4. The van der Waals surface area contributed by atoms with Crippen molar-refractivity contribution < 1.29 is 0 Å². The summed E-state index contributed by atoms with van der Waals surface area (Å²) < 4.78 is 1.95. The third-order valence-corrected chi connectivity index (χ3v) is 4.06. The first-order chi connectivity index (χ1) is 10.7. The van der Waals surface area contributed by atoms with Crippen molar-refractivity contribution >= 4 is 45.6 Å². The van der Waals surface area contributed by atoms with Crippen LogP contribution in [0.15, 0.2) is 36.7 Å². The predicted octanol–water partition coefficient (Wildman–Crippen LogP) is 5.28. The molecule has 114 valence electrons. The van der Waals surface area contributed by atoms with Crippen molar-refractivity contribution in [1.29, 1.82) is 0 Å². The van der Waals surface area contributed by atoms with E-state index in [9.17, 15) is 0 Å². The first kappa shape index (κ1) is 15.1. The Hall–Kier alpha value is -1.78. The van der Waals surface area contributed by atoms with Crippen LogP contribution in [-0.4, -0.2) is 14.8 Å². The summed E-state index contributed by atoms with van der Waals surface area (Å²) in [7, 11) is 0. The van der Waals surface area contributed by atoms with Crippen LogP contribution in [0.3, 0.4) is 0 Å². The summed E-state index contributed by atoms with van der Waals surface area (Å²) in [5.41, 5.74) is 1.56. The summed E-state index contributed by atoms with van der Waals surface area (Å²) in [5, 5.41) is 9.87. The minimum atomic E-state index is 0.560. The molecule has 0 atom stereocenters. The fourth-order valence-electron chi connectivity index (χ4n) is 2.26. The Morgan fingerprint density at radius 3 is 2.68 bits per heavy atom. The number of hydrogen-bond acceptors (Lipinski definition) is 3. The topological polar surface area (TPSA) is 42.7 Å². The number of pyridine rings is 1. The monoisotopic (exact) mass is 334 g/mol. The van der Waals surface area contributed by atoms with E-state index < -0.39 is 0 Å². The molecule has 1 N–H and O–H groups in total. The summed E-state index contributed by atoms with van der Waals surface area (Å²) in [4.78, 5) is 4.40. The second-order valence-corrected chi connectivity index (χ2v) is 5.87. The van der Waals surface area contributed by atoms with Gasteiger partial charge in [-0.15, -0.1) is 0 Å². The van der Waals surface area contributed by atoms with Gasteiger partial charge in [0.15, 0.2) is 0 Å². The molecule has 0 radical (unpaired) electrons. The molecule has 0 fully saturated rings. The van der Waals surface area contributed by atoms with E-state index >= 15 is 0 Å². The van der Waals surface area contributed by atoms with E-state index in [1.807, 2.05) is 23.0 Å². The summed E-state index contributed by atoms with van der Waals surface area (Å²) in [6.45, 7) is 3.06. The van der Waals surface area contributed by atoms with Crippen LogP contribution >= 0.6 is 23.2 Å². The Balaban J connectivity index is 1.98. The van der Waals surface area contributed by atoms with E-state index in [2.05, 4.69) is 22.3 Å². The highest BCUT2D eigenvalue weighted by molar-refractivity contribution is 6.39. The van der Waals surface area contributed by atoms with Crippen LogP contribution in [0, 0.1) is 0 Å². The molecule has 0 aliphatic carbocycles. The van der Waals surface area contributed by atoms with Crippen molar-refractivity contribution in [2.75, 3.05) is 5.32 Å². The highest BCUT2D eigenvalue weighted by Crippen LogP contribution is 2.33. The van der Waals surface area contributed by atoms with E-state index in [1.54, 1.807) is 18.3 Å². The molecule has 2 heterocycles. The molecule has 0 saturated carbocycles. The van der Waals surface area contributed by atoms with Crippen LogP contribution in [0.25, 0.3) is 10.9 Å². The average molecular weight is 335 g/mol. The summed E-state index contributed by atoms with van der Waals surface area (Å²) in [6, 6.07) is 7.30. The lowest BCUT2D eigenvalue weighted by Crippen LogP contribution is -1.97. The fourth-order valence-corrected chi connectivity index (χ4v) is 2.76. The Morgan fingerprint density at radius 2 is 1.95 bits per heavy atom. The van der Waals surface area contributed by atoms with Gasteiger partial charge in [0.2, 0.25) is 0 Å². The van der Waals surface area contributed by atoms with Crippen molar-refractivity contribution in [2.45, 2.75) is 26.3 Å². The quantitative estimate of drug-likeness (QED) is 0.690. The number of nitrogens with zero attached hydrogens (tertiary/aromatic N) is 3. The van der Waals surface area contributed by atoms with Crippen LogP contribution < -0.4 is 5.32 Å². The Bertz CT molecular complexity index is 778. The van der Waals surface area contributed by atoms with Gasteiger partial charge in [-0.05, 0) is 24.6 Å². The SMILES string of the molecule is CCCCn1cc2c(Nc3c(Cl)cccc3Cl)nccc2n1. The Morgan fingerprint density at radius 1 is 1.18 bits per heavy atom. The van der Waals surface area contributed by atoms with Gasteiger partial charge in [-0.3, -0.25) is 4.68 Å². The zero-order valence-electron chi connectivity index (χ0n) is 12.2. The third-order valence-electron chi connectivity index (χ3n) is 3.43. The molecule has 3 rings (SSSR count). The van der Waals surface area contributed by atoms with E-state index in [-0.39, 0.29) is 0 Å². The normalized spacial score (nSPS) is 11.0. The molecule has 0 amide bonds. The van der Waals surface area contributed by atoms with Crippen LogP contribution in [-0.2, 0) is 6.54 Å². The molecule has 0 bridgehead atoms. The van der Waals surface area contributed by atoms with Gasteiger partial charge < -0.3 is 5.32 Å². The molecule has 6 heteroatoms. The second kappa shape index (κ2) is 6.55. The number of rotatable bonds is 5. The van der Waals surface area contributed by atoms with Crippen LogP contribution in [0.5, 0.6) is 0 Å². The van der Waals surface area contributed by atoms with Crippen LogP contribution in [0.1, 0.15) is 19.8 Å². The molecule has 1 aromatic carbocycles. The van der Waals surface area contributed by atoms with Crippen molar-refractivity contribution in [3.05, 3.63) is 46.7 Å². The number of aromatic nitrogens is 3. The molecule has 0 aliphatic rings. The maximum Gasteiger partial charge on any atom is 0.141 e. The second-order valence-electron chi connectivity index (χ2n) is 5.06. The minimum Gasteiger partial charge on any atom is -0.337 e. The van der Waals surface area contributed by atoms with E-state index in [1.165, 1.54) is 0 Å². The number of anilines is 2. The Labute approximate surface area is 139 Å². The van der Waals surface area contributed by atoms with E-state index in [0.717, 1.165) is 30.3 Å². The number of halogens is 2. The first-order valence-corrected chi connectivity index (χ1v) is 7.98. The highest BCUT2D eigenvalue weighted by atomic mass is 35.5. The molecule has 0 spiro atoms. The van der Waals surface area contributed by atoms with Gasteiger partial charge in [-0.2, -0.15) is 5.10 Å². The molecule has 22 heavy (non-hydrogen) atoms. The standard InChI is InChI=1S/C16H16Cl2N4/c1-2-3-9-22-10-11-14(21-22)7-8-19-16(11)20-15-12(17)5-4-6-13(15)18/h4-8,10H,2-3,9H2,1H3,(H,19,20). The first-order valence-electron chi connectivity index (χ1n) is 7.22. The summed E-state index contributed by atoms with van der Waals surface area (Å²) in [6.07, 6.45) is 5.97. The minimum absolute atomic E-state index is 0.560. The Kier molecular flexibility index (Phi) is 4.50. The molecule has 2 aromatic heterocycles. The molecular weight excluding hydrogens is 319 g/mol. The van der Waals surface area contributed by atoms with Crippen LogP contribution in [0.2, 0.25) is 10.0 Å². The lowest BCUT2D eigenvalue weighted by Gasteiger charge is -2.09. The van der Waals surface area contributed by atoms with Gasteiger partial charge in [-0.25, -0.2) is 4.98 Å². The van der Waals surface area contributed by atoms with Crippen molar-refractivity contribution in [1.82, 2.24) is 14.8 Å². The van der Waals surface area contributed by atoms with E-state index in [4.69, 9.17) is 23.2 Å². The van der Waals surface area contributed by atoms with Crippen LogP contribution in [0.4, 0.5) is 11.5 Å². The molecule has 0 unspecified atom stereocenters. The van der Waals surface area contributed by atoms with Crippen molar-refractivity contribution in [3.63, 3.8) is 0 Å². The lowest BCUT2D eigenvalue weighted by atomic mass is 10.2. The molecule has 0 aliphatic heterocycles. The molecular formula is C16H16Cl2N4. The number of fused-ring (bicyclic) bond motifs is 1. The maximum absolute atomic E-state index is 6.21.